The van der Waals surface area contributed by atoms with Crippen LogP contribution in [0.25, 0.3) is 21.2 Å². The second-order valence-corrected chi connectivity index (χ2v) is 4.12. The average molecular weight is 250 g/mol. The van der Waals surface area contributed by atoms with Crippen molar-refractivity contribution < 1.29 is 4.39 Å². The summed E-state index contributed by atoms with van der Waals surface area (Å²) in [5.41, 5.74) is 9.10. The lowest BCUT2D eigenvalue weighted by Gasteiger charge is -2.10. The van der Waals surface area contributed by atoms with Gasteiger partial charge in [0.25, 0.3) is 0 Å². The number of rotatable bonds is 2. The minimum Gasteiger partial charge on any atom is -0.206 e. The van der Waals surface area contributed by atoms with Gasteiger partial charge in [0, 0.05) is 15.3 Å². The molecule has 0 aromatic heterocycles. The first-order chi connectivity index (χ1) is 8.13. The molecule has 0 radical (unpaired) electrons. The Bertz CT molecular complexity index is 620. The van der Waals surface area contributed by atoms with Gasteiger partial charge in [-0.2, -0.15) is 0 Å². The molecule has 0 unspecified atom stereocenters. The van der Waals surface area contributed by atoms with Gasteiger partial charge in [-0.15, -0.1) is 0 Å². The summed E-state index contributed by atoms with van der Waals surface area (Å²) >= 11 is 6.06. The fourth-order valence-electron chi connectivity index (χ4n) is 1.74. The highest BCUT2D eigenvalue weighted by Gasteiger charge is 2.11. The molecular formula is C12H9ClFN3. The normalized spacial score (nSPS) is 12.2. The smallest absolute Gasteiger partial charge is 0.131 e. The van der Waals surface area contributed by atoms with Gasteiger partial charge in [-0.05, 0) is 34.7 Å². The van der Waals surface area contributed by atoms with Crippen LogP contribution < -0.4 is 0 Å². The van der Waals surface area contributed by atoms with Crippen LogP contribution in [0.3, 0.4) is 0 Å². The number of benzene rings is 2. The SMILES string of the molecule is C[C@H](N=[N+]=[N-])c1cc2cccc(F)c2cc1Cl. The number of azide groups is 1. The summed E-state index contributed by atoms with van der Waals surface area (Å²) in [6.07, 6.45) is 0. The number of halogens is 2. The fourth-order valence-corrected chi connectivity index (χ4v) is 2.06. The van der Waals surface area contributed by atoms with E-state index in [1.54, 1.807) is 31.2 Å². The van der Waals surface area contributed by atoms with Crippen molar-refractivity contribution in [2.75, 3.05) is 0 Å². The van der Waals surface area contributed by atoms with E-state index in [2.05, 4.69) is 10.0 Å². The van der Waals surface area contributed by atoms with Gasteiger partial charge >= 0.3 is 0 Å². The van der Waals surface area contributed by atoms with E-state index in [9.17, 15) is 4.39 Å². The average Bonchev–Trinajstić information content (AvgIpc) is 2.30. The summed E-state index contributed by atoms with van der Waals surface area (Å²) in [7, 11) is 0. The van der Waals surface area contributed by atoms with Gasteiger partial charge in [0.1, 0.15) is 5.82 Å². The molecule has 0 fully saturated rings. The second kappa shape index (κ2) is 4.62. The molecule has 0 heterocycles. The Balaban J connectivity index is 2.67. The predicted octanol–water partition coefficient (Wildman–Crippen LogP) is 5.00. The van der Waals surface area contributed by atoms with Gasteiger partial charge in [0.05, 0.1) is 6.04 Å². The van der Waals surface area contributed by atoms with Gasteiger partial charge in [0.15, 0.2) is 0 Å². The van der Waals surface area contributed by atoms with Crippen molar-refractivity contribution in [3.8, 4) is 0 Å². The van der Waals surface area contributed by atoms with Crippen LogP contribution in [0.1, 0.15) is 18.5 Å². The largest absolute Gasteiger partial charge is 0.206 e. The van der Waals surface area contributed by atoms with Crippen LogP contribution in [0.4, 0.5) is 4.39 Å². The van der Waals surface area contributed by atoms with Gasteiger partial charge in [-0.1, -0.05) is 35.8 Å². The van der Waals surface area contributed by atoms with Crippen LogP contribution >= 0.6 is 11.6 Å². The number of fused-ring (bicyclic) bond motifs is 1. The number of hydrogen-bond donors (Lipinski definition) is 0. The molecule has 0 aliphatic heterocycles. The molecule has 3 nitrogen and oxygen atoms in total. The van der Waals surface area contributed by atoms with Crippen molar-refractivity contribution in [3.63, 3.8) is 0 Å². The molecule has 2 aromatic rings. The maximum absolute atomic E-state index is 13.5. The van der Waals surface area contributed by atoms with E-state index >= 15 is 0 Å². The van der Waals surface area contributed by atoms with Crippen molar-refractivity contribution in [2.45, 2.75) is 13.0 Å². The molecule has 0 amide bonds. The maximum atomic E-state index is 13.5. The van der Waals surface area contributed by atoms with E-state index in [-0.39, 0.29) is 11.9 Å². The summed E-state index contributed by atoms with van der Waals surface area (Å²) in [5.74, 6) is -0.313. The third-order valence-electron chi connectivity index (χ3n) is 2.62. The Morgan fingerprint density at radius 2 is 2.18 bits per heavy atom. The molecule has 1 atom stereocenters. The summed E-state index contributed by atoms with van der Waals surface area (Å²) in [6, 6.07) is 7.75. The van der Waals surface area contributed by atoms with E-state index in [0.29, 0.717) is 16.0 Å². The molecule has 2 aromatic carbocycles. The molecular weight excluding hydrogens is 241 g/mol. The molecule has 0 aliphatic rings. The van der Waals surface area contributed by atoms with Gasteiger partial charge < -0.3 is 0 Å². The first-order valence-electron chi connectivity index (χ1n) is 5.05. The lowest BCUT2D eigenvalue weighted by atomic mass is 10.0. The minimum atomic E-state index is -0.375. The maximum Gasteiger partial charge on any atom is 0.131 e. The monoisotopic (exact) mass is 249 g/mol. The van der Waals surface area contributed by atoms with Crippen LogP contribution in [0.15, 0.2) is 35.4 Å². The van der Waals surface area contributed by atoms with Crippen LogP contribution in [0.2, 0.25) is 5.02 Å². The summed E-state index contributed by atoms with van der Waals surface area (Å²) in [5, 5.41) is 5.20. The molecule has 0 saturated heterocycles. The predicted molar refractivity (Wildman–Crippen MR) is 66.5 cm³/mol. The lowest BCUT2D eigenvalue weighted by molar-refractivity contribution is 0.640. The van der Waals surface area contributed by atoms with Crippen LogP contribution in [0, 0.1) is 5.82 Å². The Kier molecular flexibility index (Phi) is 3.18. The van der Waals surface area contributed by atoms with E-state index in [1.807, 2.05) is 0 Å². The Hall–Kier alpha value is -1.77. The van der Waals surface area contributed by atoms with E-state index < -0.39 is 0 Å². The third-order valence-corrected chi connectivity index (χ3v) is 2.95. The molecule has 17 heavy (non-hydrogen) atoms. The Morgan fingerprint density at radius 1 is 1.41 bits per heavy atom. The molecule has 0 bridgehead atoms. The number of hydrogen-bond acceptors (Lipinski definition) is 1. The lowest BCUT2D eigenvalue weighted by Crippen LogP contribution is -1.91. The third kappa shape index (κ3) is 2.18. The molecule has 0 aliphatic carbocycles. The zero-order valence-electron chi connectivity index (χ0n) is 9.06. The molecule has 86 valence electrons. The highest BCUT2D eigenvalue weighted by atomic mass is 35.5. The first kappa shape index (κ1) is 11.7. The highest BCUT2D eigenvalue weighted by Crippen LogP contribution is 2.31. The Morgan fingerprint density at radius 3 is 2.88 bits per heavy atom. The molecule has 0 spiro atoms. The number of nitrogens with zero attached hydrogens (tertiary/aromatic N) is 3. The van der Waals surface area contributed by atoms with Crippen LogP contribution in [0.5, 0.6) is 0 Å². The zero-order chi connectivity index (χ0) is 12.4. The van der Waals surface area contributed by atoms with Crippen LogP contribution in [-0.2, 0) is 0 Å². The summed E-state index contributed by atoms with van der Waals surface area (Å²) in [6.45, 7) is 1.74. The summed E-state index contributed by atoms with van der Waals surface area (Å²) < 4.78 is 13.5. The highest BCUT2D eigenvalue weighted by molar-refractivity contribution is 6.32. The first-order valence-corrected chi connectivity index (χ1v) is 5.43. The molecule has 2 rings (SSSR count). The molecule has 0 N–H and O–H groups in total. The second-order valence-electron chi connectivity index (χ2n) is 3.72. The van der Waals surface area contributed by atoms with Crippen molar-refractivity contribution in [1.82, 2.24) is 0 Å². The standard InChI is InChI=1S/C12H9ClFN3/c1-7(16-17-15)9-5-8-3-2-4-12(14)10(8)6-11(9)13/h2-7H,1H3/t7-/m0/s1. The van der Waals surface area contributed by atoms with E-state index in [4.69, 9.17) is 17.1 Å². The van der Waals surface area contributed by atoms with Crippen molar-refractivity contribution in [2.24, 2.45) is 5.11 Å². The van der Waals surface area contributed by atoms with Gasteiger partial charge in [0.2, 0.25) is 0 Å². The zero-order valence-corrected chi connectivity index (χ0v) is 9.82. The van der Waals surface area contributed by atoms with E-state index in [1.165, 1.54) is 6.07 Å². The Labute approximate surface area is 102 Å². The van der Waals surface area contributed by atoms with Crippen molar-refractivity contribution in [3.05, 3.63) is 57.2 Å². The van der Waals surface area contributed by atoms with Crippen molar-refractivity contribution >= 4 is 22.4 Å². The van der Waals surface area contributed by atoms with Crippen LogP contribution in [-0.4, -0.2) is 0 Å². The van der Waals surface area contributed by atoms with Crippen molar-refractivity contribution in [1.29, 1.82) is 0 Å². The molecule has 0 saturated carbocycles. The molecule has 5 heteroatoms. The topological polar surface area (TPSA) is 48.8 Å². The van der Waals surface area contributed by atoms with E-state index in [0.717, 1.165) is 5.39 Å². The minimum absolute atomic E-state index is 0.313. The van der Waals surface area contributed by atoms with Gasteiger partial charge in [-0.25, -0.2) is 4.39 Å². The fraction of sp³-hybridized carbons (Fsp3) is 0.167. The summed E-state index contributed by atoms with van der Waals surface area (Å²) in [4.78, 5) is 2.74. The quantitative estimate of drug-likeness (QED) is 0.408. The van der Waals surface area contributed by atoms with Gasteiger partial charge in [-0.3, -0.25) is 0 Å².